The Morgan fingerprint density at radius 2 is 0.533 bits per heavy atom. The quantitative estimate of drug-likeness (QED) is 0.107. The highest BCUT2D eigenvalue weighted by atomic mass is 32.1. The van der Waals surface area contributed by atoms with Crippen LogP contribution in [0.15, 0.2) is 690 Å². The summed E-state index contributed by atoms with van der Waals surface area (Å²) in [5.41, 5.74) is 24.8. The Morgan fingerprint density at radius 1 is 0.220 bits per heavy atom. The van der Waals surface area contributed by atoms with Crippen LogP contribution in [0.1, 0.15) is 11.1 Å². The SMILES string of the molecule is c1ccc(-c2ccc(-c3ccccc3)cc2)cc1.c1ccc(-c2ccc[nH]2)cc1.c1ccc(-c2cccc3ccccc23)cc1.c1ccc(-c2ccccc2)cc1.c1ccc(-c2ccccn2)cc1.c1ccc(-c2ccco2)cc1.c1ccc(-c2cccs2)cc1.c1ccc(Cc2ccccc2)cc1.c1ccc(Nc2ccccc2)cc1.c1ccc(Oc2ccccc2)cc1.c1ccc2c(-c3cccc4ccccc34)cccc2c1. The molecular weight excluding hydrogens is 1840 g/mol. The highest BCUT2D eigenvalue weighted by Crippen LogP contribution is 2.36. The zero-order chi connectivity index (χ0) is 102. The lowest BCUT2D eigenvalue weighted by atomic mass is 9.94. The number of furan rings is 1. The second-order valence-electron chi connectivity index (χ2n) is 34.4. The molecule has 150 heavy (non-hydrogen) atoms. The fourth-order valence-electron chi connectivity index (χ4n) is 16.5. The zero-order valence-electron chi connectivity index (χ0n) is 83.6. The van der Waals surface area contributed by atoms with Crippen molar-refractivity contribution in [3.05, 3.63) is 696 Å². The number of nitrogens with zero attached hydrogens (tertiary/aromatic N) is 1. The first-order valence-electron chi connectivity index (χ1n) is 50.4. The molecule has 726 valence electrons. The van der Waals surface area contributed by atoms with Crippen LogP contribution in [0.3, 0.4) is 0 Å². The van der Waals surface area contributed by atoms with Crippen LogP contribution in [-0.4, -0.2) is 9.97 Å². The van der Waals surface area contributed by atoms with E-state index in [0.717, 1.165) is 51.9 Å². The molecule has 4 aromatic heterocycles. The molecule has 0 aliphatic rings. The lowest BCUT2D eigenvalue weighted by Crippen LogP contribution is -1.87. The van der Waals surface area contributed by atoms with E-state index in [1.165, 1.54) is 121 Å². The second-order valence-corrected chi connectivity index (χ2v) is 35.4. The molecule has 0 radical (unpaired) electrons. The van der Waals surface area contributed by atoms with E-state index in [2.05, 4.69) is 427 Å². The minimum atomic E-state index is 0.869. The molecule has 0 spiro atoms. The number of hydrogen-bond acceptors (Lipinski definition) is 5. The van der Waals surface area contributed by atoms with Crippen LogP contribution in [0, 0.1) is 0 Å². The number of aromatic amines is 1. The van der Waals surface area contributed by atoms with Crippen LogP contribution in [0.5, 0.6) is 11.5 Å². The van der Waals surface area contributed by atoms with E-state index in [4.69, 9.17) is 9.15 Å². The van der Waals surface area contributed by atoms with Gasteiger partial charge in [0.1, 0.15) is 17.3 Å². The smallest absolute Gasteiger partial charge is 0.133 e. The molecule has 6 heteroatoms. The Bertz CT molecular complexity index is 7350. The van der Waals surface area contributed by atoms with Crippen molar-refractivity contribution in [1.82, 2.24) is 9.97 Å². The number of thiophene rings is 1. The Labute approximate surface area is 887 Å². The summed E-state index contributed by atoms with van der Waals surface area (Å²) < 4.78 is 10.8. The van der Waals surface area contributed by atoms with Gasteiger partial charge in [-0.2, -0.15) is 0 Å². The van der Waals surface area contributed by atoms with Crippen LogP contribution in [0.25, 0.3) is 132 Å². The normalized spacial score (nSPS) is 10.0. The standard InChI is InChI=1S/C20H14.C18H14.C16H12.C13H12.C12H11N.C12H10O.C12H10.C11H9N.C10H9N.C10H8O.C10H8S/c1-3-11-17-15(7-1)9-5-13-19(17)20-14-6-10-16-8-2-4-12-18(16)20;1-3-7-15(8-4-1)17-11-13-18(14-12-17)16-9-5-2-6-10-16;1-2-7-13(8-3-1)16-12-6-10-14-9-4-5-11-15(14)16;1-3-7-12(8-4-1)11-13-9-5-2-6-10-13;2*1-3-7-11(8-4-1)13-12-9-5-2-6-10-12;1-3-7-11(8-4-1)12-9-5-2-6-10-12;1-2-6-10(7-3-1)11-8-4-5-9-12-11;3*1-2-5-9(6-3-1)10-7-4-8-11-10/h1-14H;1-14H;1-12H;1-10H,11H2;1-10,13H;1-10H;1-10H;1-9H;1-8,11H;2*1-8H. The Hall–Kier alpha value is -19.4. The Morgan fingerprint density at radius 3 is 0.893 bits per heavy atom. The van der Waals surface area contributed by atoms with Crippen molar-refractivity contribution in [1.29, 1.82) is 0 Å². The van der Waals surface area contributed by atoms with Crippen molar-refractivity contribution < 1.29 is 9.15 Å². The number of aromatic nitrogens is 2. The maximum absolute atomic E-state index is 5.58. The maximum atomic E-state index is 5.58. The molecule has 0 amide bonds. The topological polar surface area (TPSA) is 63.1 Å². The van der Waals surface area contributed by atoms with Crippen molar-refractivity contribution in [3.63, 3.8) is 0 Å². The van der Waals surface area contributed by atoms with Crippen molar-refractivity contribution in [2.75, 3.05) is 5.32 Å². The molecule has 4 heterocycles. The van der Waals surface area contributed by atoms with Gasteiger partial charge in [-0.3, -0.25) is 4.98 Å². The fourth-order valence-corrected chi connectivity index (χ4v) is 17.2. The third-order valence-corrected chi connectivity index (χ3v) is 24.9. The number of ether oxygens (including phenoxy) is 1. The molecule has 26 aromatic rings. The number of fused-ring (bicyclic) bond motifs is 3. The molecule has 22 aromatic carbocycles. The number of para-hydroxylation sites is 4. The summed E-state index contributed by atoms with van der Waals surface area (Å²) in [6.45, 7) is 0. The van der Waals surface area contributed by atoms with Gasteiger partial charge in [-0.1, -0.05) is 570 Å². The number of nitrogens with one attached hydrogen (secondary N) is 2. The monoisotopic (exact) mass is 1950 g/mol. The number of benzene rings is 22. The van der Waals surface area contributed by atoms with Gasteiger partial charge in [0.25, 0.3) is 0 Å². The summed E-state index contributed by atoms with van der Waals surface area (Å²) in [4.78, 5) is 8.74. The molecule has 26 rings (SSSR count). The predicted octanol–water partition coefficient (Wildman–Crippen LogP) is 40.5. The highest BCUT2D eigenvalue weighted by Gasteiger charge is 2.10. The number of hydrogen-bond donors (Lipinski definition) is 2. The first kappa shape index (κ1) is 104. The summed E-state index contributed by atoms with van der Waals surface area (Å²) in [6, 6.07) is 226. The van der Waals surface area contributed by atoms with Gasteiger partial charge in [0, 0.05) is 45.5 Å². The first-order chi connectivity index (χ1) is 74.5. The minimum Gasteiger partial charge on any atom is -0.464 e. The number of anilines is 2. The first-order valence-corrected chi connectivity index (χ1v) is 51.2. The third-order valence-electron chi connectivity index (χ3n) is 24.0. The number of H-pyrrole nitrogens is 1. The van der Waals surface area contributed by atoms with Crippen molar-refractivity contribution in [3.8, 4) is 111 Å². The van der Waals surface area contributed by atoms with Crippen LogP contribution in [0.4, 0.5) is 11.4 Å². The zero-order valence-corrected chi connectivity index (χ0v) is 84.4. The van der Waals surface area contributed by atoms with Crippen LogP contribution in [-0.2, 0) is 6.42 Å². The summed E-state index contributed by atoms with van der Waals surface area (Å²) >= 11 is 1.78. The summed E-state index contributed by atoms with van der Waals surface area (Å²) in [6.07, 6.45) is 6.45. The molecule has 5 nitrogen and oxygen atoms in total. The molecular formula is C144H117N3O2S. The van der Waals surface area contributed by atoms with E-state index < -0.39 is 0 Å². The average Bonchev–Trinajstić information content (AvgIpc) is 0.801. The number of pyridine rings is 1. The van der Waals surface area contributed by atoms with Gasteiger partial charge in [-0.05, 0) is 213 Å². The van der Waals surface area contributed by atoms with Crippen LogP contribution < -0.4 is 10.1 Å². The minimum absolute atomic E-state index is 0.869. The molecule has 0 aliphatic carbocycles. The Balaban J connectivity index is 0.000000118. The molecule has 0 saturated carbocycles. The third kappa shape index (κ3) is 33.4. The van der Waals surface area contributed by atoms with E-state index >= 15 is 0 Å². The van der Waals surface area contributed by atoms with Crippen LogP contribution in [0.2, 0.25) is 0 Å². The van der Waals surface area contributed by atoms with Gasteiger partial charge in [-0.25, -0.2) is 0 Å². The van der Waals surface area contributed by atoms with E-state index in [1.807, 2.05) is 267 Å². The molecule has 2 N–H and O–H groups in total. The van der Waals surface area contributed by atoms with Crippen molar-refractivity contribution >= 4 is 55.0 Å². The van der Waals surface area contributed by atoms with Crippen molar-refractivity contribution in [2.45, 2.75) is 6.42 Å². The van der Waals surface area contributed by atoms with Crippen molar-refractivity contribution in [2.24, 2.45) is 0 Å². The lowest BCUT2D eigenvalue weighted by molar-refractivity contribution is 0.482. The second kappa shape index (κ2) is 59.0. The van der Waals surface area contributed by atoms with Gasteiger partial charge < -0.3 is 19.5 Å². The molecule has 0 unspecified atom stereocenters. The van der Waals surface area contributed by atoms with Gasteiger partial charge in [0.15, 0.2) is 0 Å². The largest absolute Gasteiger partial charge is 0.464 e. The summed E-state index contributed by atoms with van der Waals surface area (Å²) in [5, 5.41) is 13.2. The maximum Gasteiger partial charge on any atom is 0.133 e. The van der Waals surface area contributed by atoms with Gasteiger partial charge in [0.2, 0.25) is 0 Å². The highest BCUT2D eigenvalue weighted by molar-refractivity contribution is 7.13. The van der Waals surface area contributed by atoms with Gasteiger partial charge in [0.05, 0.1) is 12.0 Å². The molecule has 0 saturated heterocycles. The lowest BCUT2D eigenvalue weighted by Gasteiger charge is -2.10. The van der Waals surface area contributed by atoms with Gasteiger partial charge in [-0.15, -0.1) is 11.3 Å². The Kier molecular flexibility index (Phi) is 40.7. The molecule has 0 aliphatic heterocycles. The summed E-state index contributed by atoms with van der Waals surface area (Å²) in [7, 11) is 0. The molecule has 0 fully saturated rings. The van der Waals surface area contributed by atoms with E-state index in [9.17, 15) is 0 Å². The van der Waals surface area contributed by atoms with E-state index in [0.29, 0.717) is 0 Å². The molecule has 0 bridgehead atoms. The number of rotatable bonds is 15. The van der Waals surface area contributed by atoms with Crippen LogP contribution >= 0.6 is 11.3 Å². The summed E-state index contributed by atoms with van der Waals surface area (Å²) in [5.74, 6) is 2.66. The fraction of sp³-hybridized carbons (Fsp3) is 0.00694. The van der Waals surface area contributed by atoms with E-state index in [1.54, 1.807) is 17.6 Å². The van der Waals surface area contributed by atoms with Gasteiger partial charge >= 0.3 is 0 Å². The van der Waals surface area contributed by atoms with E-state index in [-0.39, 0.29) is 0 Å². The average molecular weight is 1950 g/mol. The molecule has 0 atom stereocenters. The predicted molar refractivity (Wildman–Crippen MR) is 640 cm³/mol.